The second kappa shape index (κ2) is 4.20. The van der Waals surface area contributed by atoms with E-state index in [1.165, 1.54) is 29.2 Å². The second-order valence-corrected chi connectivity index (χ2v) is 3.53. The van der Waals surface area contributed by atoms with Crippen LogP contribution in [-0.2, 0) is 4.79 Å². The molecule has 1 N–H and O–H groups in total. The molecule has 1 aromatic rings. The van der Waals surface area contributed by atoms with Crippen LogP contribution in [0, 0.1) is 10.1 Å². The molecule has 0 aromatic heterocycles. The number of rotatable bonds is 2. The third-order valence-corrected chi connectivity index (χ3v) is 2.43. The van der Waals surface area contributed by atoms with Crippen LogP contribution >= 0.6 is 0 Å². The zero-order chi connectivity index (χ0) is 12.4. The molecule has 0 spiro atoms. The first-order valence-corrected chi connectivity index (χ1v) is 4.94. The fourth-order valence-corrected chi connectivity index (χ4v) is 1.56. The highest BCUT2D eigenvalue weighted by Gasteiger charge is 2.24. The van der Waals surface area contributed by atoms with Crippen LogP contribution in [0.4, 0.5) is 16.2 Å². The molecule has 1 aromatic carbocycles. The largest absolute Gasteiger partial charge is 0.328 e. The smallest absolute Gasteiger partial charge is 0.294 e. The Morgan fingerprint density at radius 3 is 2.41 bits per heavy atom. The molecular formula is C10H9N3O4. The quantitative estimate of drug-likeness (QED) is 0.612. The summed E-state index contributed by atoms with van der Waals surface area (Å²) in [5.41, 5.74) is 0.489. The van der Waals surface area contributed by atoms with Crippen molar-refractivity contribution in [1.29, 1.82) is 0 Å². The van der Waals surface area contributed by atoms with Gasteiger partial charge in [0.1, 0.15) is 0 Å². The maximum atomic E-state index is 11.5. The Bertz CT molecular complexity index is 483. The van der Waals surface area contributed by atoms with Crippen molar-refractivity contribution in [3.63, 3.8) is 0 Å². The Morgan fingerprint density at radius 1 is 1.24 bits per heavy atom. The van der Waals surface area contributed by atoms with Crippen molar-refractivity contribution in [3.8, 4) is 0 Å². The highest BCUT2D eigenvalue weighted by atomic mass is 16.6. The lowest BCUT2D eigenvalue weighted by Crippen LogP contribution is -2.49. The number of anilines is 1. The van der Waals surface area contributed by atoms with Crippen LogP contribution in [0.5, 0.6) is 0 Å². The highest BCUT2D eigenvalue weighted by Crippen LogP contribution is 2.20. The number of benzene rings is 1. The van der Waals surface area contributed by atoms with Gasteiger partial charge in [-0.2, -0.15) is 0 Å². The Balaban J connectivity index is 2.20. The molecule has 0 saturated carbocycles. The predicted molar refractivity (Wildman–Crippen MR) is 58.6 cm³/mol. The van der Waals surface area contributed by atoms with E-state index in [1.54, 1.807) is 0 Å². The predicted octanol–water partition coefficient (Wildman–Crippen LogP) is 1.04. The van der Waals surface area contributed by atoms with E-state index in [-0.39, 0.29) is 24.6 Å². The summed E-state index contributed by atoms with van der Waals surface area (Å²) in [6, 6.07) is 5.09. The highest BCUT2D eigenvalue weighted by molar-refractivity contribution is 6.05. The zero-order valence-electron chi connectivity index (χ0n) is 8.75. The number of non-ortho nitro benzene ring substituents is 1. The molecular weight excluding hydrogens is 226 g/mol. The standard InChI is InChI=1S/C10H9N3O4/c14-9-5-6-12(10(15)11-9)7-1-3-8(4-2-7)13(16)17/h1-4H,5-6H2,(H,11,14,15). The Hall–Kier alpha value is -2.44. The SMILES string of the molecule is O=C1CCN(c2ccc([N+](=O)[O-])cc2)C(=O)N1. The zero-order valence-corrected chi connectivity index (χ0v) is 8.75. The van der Waals surface area contributed by atoms with Gasteiger partial charge in [0, 0.05) is 30.8 Å². The number of carbonyl (C=O) groups is 2. The molecule has 7 heteroatoms. The third-order valence-electron chi connectivity index (χ3n) is 2.43. The summed E-state index contributed by atoms with van der Waals surface area (Å²) in [4.78, 5) is 33.7. The van der Waals surface area contributed by atoms with Crippen molar-refractivity contribution < 1.29 is 14.5 Å². The van der Waals surface area contributed by atoms with Gasteiger partial charge >= 0.3 is 6.03 Å². The van der Waals surface area contributed by atoms with E-state index in [0.717, 1.165) is 0 Å². The lowest BCUT2D eigenvalue weighted by molar-refractivity contribution is -0.384. The molecule has 1 aliphatic heterocycles. The van der Waals surface area contributed by atoms with Crippen molar-refractivity contribution in [3.05, 3.63) is 34.4 Å². The van der Waals surface area contributed by atoms with Gasteiger partial charge in [-0.05, 0) is 12.1 Å². The molecule has 0 unspecified atom stereocenters. The molecule has 1 heterocycles. The van der Waals surface area contributed by atoms with Gasteiger partial charge in [-0.25, -0.2) is 4.79 Å². The number of nitrogens with zero attached hydrogens (tertiary/aromatic N) is 2. The second-order valence-electron chi connectivity index (χ2n) is 3.53. The molecule has 2 rings (SSSR count). The average Bonchev–Trinajstić information content (AvgIpc) is 2.29. The summed E-state index contributed by atoms with van der Waals surface area (Å²) in [5, 5.41) is 12.6. The minimum Gasteiger partial charge on any atom is -0.294 e. The molecule has 1 saturated heterocycles. The molecule has 0 bridgehead atoms. The Kier molecular flexibility index (Phi) is 2.73. The summed E-state index contributed by atoms with van der Waals surface area (Å²) in [6.45, 7) is 0.280. The van der Waals surface area contributed by atoms with Crippen LogP contribution in [0.15, 0.2) is 24.3 Å². The summed E-state index contributed by atoms with van der Waals surface area (Å²) in [6.07, 6.45) is 0.225. The maximum absolute atomic E-state index is 11.5. The van der Waals surface area contributed by atoms with Gasteiger partial charge < -0.3 is 0 Å². The van der Waals surface area contributed by atoms with Crippen LogP contribution in [-0.4, -0.2) is 23.4 Å². The van der Waals surface area contributed by atoms with E-state index in [0.29, 0.717) is 5.69 Å². The third kappa shape index (κ3) is 2.22. The van der Waals surface area contributed by atoms with Gasteiger partial charge in [-0.3, -0.25) is 25.1 Å². The van der Waals surface area contributed by atoms with Crippen LogP contribution in [0.3, 0.4) is 0 Å². The molecule has 17 heavy (non-hydrogen) atoms. The molecule has 1 aliphatic rings. The van der Waals surface area contributed by atoms with Crippen molar-refractivity contribution in [2.24, 2.45) is 0 Å². The number of imide groups is 1. The lowest BCUT2D eigenvalue weighted by atomic mass is 10.2. The van der Waals surface area contributed by atoms with E-state index in [9.17, 15) is 19.7 Å². The van der Waals surface area contributed by atoms with Crippen molar-refractivity contribution in [1.82, 2.24) is 5.32 Å². The van der Waals surface area contributed by atoms with Crippen LogP contribution in [0.2, 0.25) is 0 Å². The van der Waals surface area contributed by atoms with Crippen LogP contribution in [0.25, 0.3) is 0 Å². The van der Waals surface area contributed by atoms with Gasteiger partial charge in [0.05, 0.1) is 4.92 Å². The number of nitro benzene ring substituents is 1. The number of carbonyl (C=O) groups excluding carboxylic acids is 2. The molecule has 0 aliphatic carbocycles. The number of hydrogen-bond donors (Lipinski definition) is 1. The fourth-order valence-electron chi connectivity index (χ4n) is 1.56. The first kappa shape index (κ1) is 11.1. The normalized spacial score (nSPS) is 15.6. The monoisotopic (exact) mass is 235 g/mol. The maximum Gasteiger partial charge on any atom is 0.328 e. The summed E-state index contributed by atoms with van der Waals surface area (Å²) >= 11 is 0. The van der Waals surface area contributed by atoms with Crippen LogP contribution < -0.4 is 10.2 Å². The van der Waals surface area contributed by atoms with E-state index >= 15 is 0 Å². The molecule has 3 amide bonds. The first-order chi connectivity index (χ1) is 8.08. The van der Waals surface area contributed by atoms with E-state index in [1.807, 2.05) is 0 Å². The van der Waals surface area contributed by atoms with Gasteiger partial charge in [-0.1, -0.05) is 0 Å². The fraction of sp³-hybridized carbons (Fsp3) is 0.200. The number of hydrogen-bond acceptors (Lipinski definition) is 4. The molecule has 88 valence electrons. The van der Waals surface area contributed by atoms with E-state index in [4.69, 9.17) is 0 Å². The minimum absolute atomic E-state index is 0.0396. The number of nitrogens with one attached hydrogen (secondary N) is 1. The van der Waals surface area contributed by atoms with E-state index in [2.05, 4.69) is 5.32 Å². The summed E-state index contributed by atoms with van der Waals surface area (Å²) in [5.74, 6) is -0.312. The molecule has 0 radical (unpaired) electrons. The number of nitro groups is 1. The van der Waals surface area contributed by atoms with Gasteiger partial charge in [-0.15, -0.1) is 0 Å². The average molecular weight is 235 g/mol. The van der Waals surface area contributed by atoms with Crippen molar-refractivity contribution in [2.75, 3.05) is 11.4 Å². The number of amides is 3. The van der Waals surface area contributed by atoms with Gasteiger partial charge in [0.15, 0.2) is 0 Å². The minimum atomic E-state index is -0.510. The van der Waals surface area contributed by atoms with Gasteiger partial charge in [0.2, 0.25) is 5.91 Å². The van der Waals surface area contributed by atoms with Crippen molar-refractivity contribution >= 4 is 23.3 Å². The number of urea groups is 1. The first-order valence-electron chi connectivity index (χ1n) is 4.94. The summed E-state index contributed by atoms with van der Waals surface area (Å²) in [7, 11) is 0. The molecule has 1 fully saturated rings. The Morgan fingerprint density at radius 2 is 1.88 bits per heavy atom. The van der Waals surface area contributed by atoms with E-state index < -0.39 is 11.0 Å². The Labute approximate surface area is 96.2 Å². The molecule has 7 nitrogen and oxygen atoms in total. The lowest BCUT2D eigenvalue weighted by Gasteiger charge is -2.26. The van der Waals surface area contributed by atoms with Crippen molar-refractivity contribution in [2.45, 2.75) is 6.42 Å². The summed E-state index contributed by atoms with van der Waals surface area (Å²) < 4.78 is 0. The van der Waals surface area contributed by atoms with Crippen LogP contribution in [0.1, 0.15) is 6.42 Å². The topological polar surface area (TPSA) is 92.6 Å². The molecule has 0 atom stereocenters. The van der Waals surface area contributed by atoms with Gasteiger partial charge in [0.25, 0.3) is 5.69 Å².